The Morgan fingerprint density at radius 3 is 2.52 bits per heavy atom. The number of carbonyl (C=O) groups excluding carboxylic acids is 2. The molecule has 0 spiro atoms. The van der Waals surface area contributed by atoms with E-state index in [4.69, 9.17) is 4.74 Å². The molecule has 3 aliphatic rings. The number of esters is 2. The second kappa shape index (κ2) is 4.69. The van der Waals surface area contributed by atoms with Crippen molar-refractivity contribution in [3.8, 4) is 0 Å². The highest BCUT2D eigenvalue weighted by Crippen LogP contribution is 2.49. The Morgan fingerprint density at radius 1 is 0.952 bits per heavy atom. The highest BCUT2D eigenvalue weighted by Gasteiger charge is 2.43. The van der Waals surface area contributed by atoms with E-state index in [1.54, 1.807) is 0 Å². The Labute approximate surface area is 123 Å². The quantitative estimate of drug-likeness (QED) is 0.450. The van der Waals surface area contributed by atoms with Gasteiger partial charge in [-0.1, -0.05) is 41.5 Å². The smallest absolute Gasteiger partial charge is 0.343 e. The molecule has 21 heavy (non-hydrogen) atoms. The van der Waals surface area contributed by atoms with Crippen LogP contribution in [0.1, 0.15) is 43.6 Å². The molecule has 1 aromatic rings. The van der Waals surface area contributed by atoms with Crippen LogP contribution in [0.4, 0.5) is 0 Å². The number of ether oxygens (including phenoxy) is 1. The minimum absolute atomic E-state index is 0.0794. The highest BCUT2D eigenvalue weighted by molar-refractivity contribution is 6.14. The summed E-state index contributed by atoms with van der Waals surface area (Å²) >= 11 is 0. The van der Waals surface area contributed by atoms with Crippen molar-refractivity contribution in [1.82, 2.24) is 0 Å². The molecule has 1 aliphatic heterocycles. The van der Waals surface area contributed by atoms with E-state index in [-0.39, 0.29) is 5.92 Å². The minimum atomic E-state index is -0.444. The third kappa shape index (κ3) is 1.88. The van der Waals surface area contributed by atoms with Crippen LogP contribution in [-0.4, -0.2) is 11.9 Å². The van der Waals surface area contributed by atoms with Crippen LogP contribution in [0, 0.1) is 0 Å². The first-order valence-corrected chi connectivity index (χ1v) is 7.51. The highest BCUT2D eigenvalue weighted by atomic mass is 16.6. The van der Waals surface area contributed by atoms with Gasteiger partial charge in [0, 0.05) is 12.3 Å². The summed E-state index contributed by atoms with van der Waals surface area (Å²) in [7, 11) is 0. The van der Waals surface area contributed by atoms with E-state index in [1.807, 2.05) is 30.3 Å². The Kier molecular flexibility index (Phi) is 2.81. The van der Waals surface area contributed by atoms with Gasteiger partial charge in [-0.25, -0.2) is 9.59 Å². The van der Waals surface area contributed by atoms with Crippen molar-refractivity contribution in [2.45, 2.75) is 38.0 Å². The molecular formula is C18H16O3. The third-order valence-corrected chi connectivity index (χ3v) is 4.77. The number of rotatable bonds is 1. The number of benzene rings is 1. The van der Waals surface area contributed by atoms with Crippen LogP contribution in [-0.2, 0) is 14.3 Å². The monoisotopic (exact) mass is 280 g/mol. The van der Waals surface area contributed by atoms with Crippen molar-refractivity contribution in [3.63, 3.8) is 0 Å². The van der Waals surface area contributed by atoms with Crippen LogP contribution in [0.25, 0.3) is 0 Å². The molecule has 0 aromatic heterocycles. The van der Waals surface area contributed by atoms with Crippen molar-refractivity contribution in [2.75, 3.05) is 0 Å². The summed E-state index contributed by atoms with van der Waals surface area (Å²) in [5.41, 5.74) is 4.96. The second-order valence-electron chi connectivity index (χ2n) is 5.93. The summed E-state index contributed by atoms with van der Waals surface area (Å²) in [6.45, 7) is 0. The number of allylic oxidation sites excluding steroid dienone is 2. The third-order valence-electron chi connectivity index (χ3n) is 4.77. The standard InChI is InChI=1S/C18H16O3/c19-17-14-10-12-8-4-5-9-13(12)15(16(14)18(20)21-17)11-6-2-1-3-7-11/h1-3,6-7,15H,4-5,8-10H2. The number of hydrogen-bond acceptors (Lipinski definition) is 3. The van der Waals surface area contributed by atoms with Gasteiger partial charge >= 0.3 is 11.9 Å². The van der Waals surface area contributed by atoms with Crippen LogP contribution in [0.2, 0.25) is 0 Å². The van der Waals surface area contributed by atoms with Crippen LogP contribution in [0.3, 0.4) is 0 Å². The molecule has 0 bridgehead atoms. The molecule has 1 atom stereocenters. The number of carbonyl (C=O) groups is 2. The molecule has 0 fully saturated rings. The Hall–Kier alpha value is -2.16. The van der Waals surface area contributed by atoms with Gasteiger partial charge in [0.25, 0.3) is 0 Å². The first kappa shape index (κ1) is 12.6. The molecular weight excluding hydrogens is 264 g/mol. The Bertz CT molecular complexity index is 694. The van der Waals surface area contributed by atoms with E-state index in [2.05, 4.69) is 0 Å². The van der Waals surface area contributed by atoms with Crippen LogP contribution in [0.5, 0.6) is 0 Å². The average molecular weight is 280 g/mol. The number of cyclic esters (lactones) is 2. The molecule has 3 heteroatoms. The summed E-state index contributed by atoms with van der Waals surface area (Å²) in [5.74, 6) is -0.960. The molecule has 0 saturated carbocycles. The summed E-state index contributed by atoms with van der Waals surface area (Å²) in [4.78, 5) is 24.1. The maximum Gasteiger partial charge on any atom is 0.343 e. The molecule has 0 N–H and O–H groups in total. The first-order valence-electron chi connectivity index (χ1n) is 7.51. The predicted octanol–water partition coefficient (Wildman–Crippen LogP) is 3.42. The zero-order valence-corrected chi connectivity index (χ0v) is 11.7. The lowest BCUT2D eigenvalue weighted by Crippen LogP contribution is -2.20. The molecule has 106 valence electrons. The second-order valence-corrected chi connectivity index (χ2v) is 5.93. The van der Waals surface area contributed by atoms with E-state index < -0.39 is 11.9 Å². The molecule has 4 rings (SSSR count). The maximum atomic E-state index is 12.2. The Balaban J connectivity index is 1.90. The summed E-state index contributed by atoms with van der Waals surface area (Å²) < 4.78 is 4.89. The fourth-order valence-corrected chi connectivity index (χ4v) is 3.84. The fraction of sp³-hybridized carbons (Fsp3) is 0.333. The summed E-state index contributed by atoms with van der Waals surface area (Å²) in [6.07, 6.45) is 5.00. The van der Waals surface area contributed by atoms with Gasteiger partial charge in [0.05, 0.1) is 11.1 Å². The largest absolute Gasteiger partial charge is 0.386 e. The predicted molar refractivity (Wildman–Crippen MR) is 77.4 cm³/mol. The minimum Gasteiger partial charge on any atom is -0.386 e. The molecule has 0 amide bonds. The Morgan fingerprint density at radius 2 is 1.71 bits per heavy atom. The summed E-state index contributed by atoms with van der Waals surface area (Å²) in [6, 6.07) is 10.0. The zero-order valence-electron chi connectivity index (χ0n) is 11.7. The van der Waals surface area contributed by atoms with Crippen LogP contribution in [0.15, 0.2) is 52.6 Å². The lowest BCUT2D eigenvalue weighted by Gasteiger charge is -2.31. The van der Waals surface area contributed by atoms with Crippen molar-refractivity contribution in [2.24, 2.45) is 0 Å². The van der Waals surface area contributed by atoms with E-state index >= 15 is 0 Å². The molecule has 1 aromatic carbocycles. The van der Waals surface area contributed by atoms with E-state index in [0.29, 0.717) is 17.6 Å². The van der Waals surface area contributed by atoms with Crippen LogP contribution < -0.4 is 0 Å². The van der Waals surface area contributed by atoms with Crippen molar-refractivity contribution < 1.29 is 14.3 Å². The molecule has 0 radical (unpaired) electrons. The number of hydrogen-bond donors (Lipinski definition) is 0. The molecule has 2 aliphatic carbocycles. The van der Waals surface area contributed by atoms with Gasteiger partial charge in [-0.05, 0) is 31.2 Å². The van der Waals surface area contributed by atoms with E-state index in [9.17, 15) is 9.59 Å². The SMILES string of the molecule is O=C1OC(=O)C2=C1CC1=C(CCCC1)C2c1ccccc1. The van der Waals surface area contributed by atoms with Gasteiger partial charge in [0.1, 0.15) is 0 Å². The van der Waals surface area contributed by atoms with Crippen molar-refractivity contribution in [1.29, 1.82) is 0 Å². The van der Waals surface area contributed by atoms with Gasteiger partial charge in [0.2, 0.25) is 0 Å². The normalized spacial score (nSPS) is 24.9. The summed E-state index contributed by atoms with van der Waals surface area (Å²) in [5, 5.41) is 0. The van der Waals surface area contributed by atoms with Gasteiger partial charge in [-0.15, -0.1) is 0 Å². The maximum absolute atomic E-state index is 12.2. The average Bonchev–Trinajstić information content (AvgIpc) is 2.80. The van der Waals surface area contributed by atoms with Gasteiger partial charge in [-0.2, -0.15) is 0 Å². The molecule has 1 heterocycles. The fourth-order valence-electron chi connectivity index (χ4n) is 3.84. The molecule has 3 nitrogen and oxygen atoms in total. The zero-order chi connectivity index (χ0) is 14.4. The lowest BCUT2D eigenvalue weighted by molar-refractivity contribution is -0.151. The topological polar surface area (TPSA) is 43.4 Å². The lowest BCUT2D eigenvalue weighted by atomic mass is 9.70. The van der Waals surface area contributed by atoms with Gasteiger partial charge in [-0.3, -0.25) is 0 Å². The molecule has 0 saturated heterocycles. The van der Waals surface area contributed by atoms with Gasteiger partial charge < -0.3 is 4.74 Å². The van der Waals surface area contributed by atoms with Gasteiger partial charge in [0.15, 0.2) is 0 Å². The van der Waals surface area contributed by atoms with E-state index in [0.717, 1.165) is 24.8 Å². The van der Waals surface area contributed by atoms with Crippen LogP contribution >= 0.6 is 0 Å². The van der Waals surface area contributed by atoms with Crippen molar-refractivity contribution in [3.05, 3.63) is 58.2 Å². The first-order chi connectivity index (χ1) is 10.3. The van der Waals surface area contributed by atoms with E-state index in [1.165, 1.54) is 17.6 Å². The van der Waals surface area contributed by atoms with Crippen molar-refractivity contribution >= 4 is 11.9 Å². The molecule has 1 unspecified atom stereocenters.